The number of hydrogen-bond donors (Lipinski definition) is 1. The second-order valence-electron chi connectivity index (χ2n) is 3.82. The molecule has 0 aliphatic heterocycles. The van der Waals surface area contributed by atoms with Crippen LogP contribution in [0.5, 0.6) is 0 Å². The molecule has 1 N–H and O–H groups in total. The summed E-state index contributed by atoms with van der Waals surface area (Å²) in [5.41, 5.74) is 0.628. The molecule has 15 heavy (non-hydrogen) atoms. The van der Waals surface area contributed by atoms with E-state index in [-0.39, 0.29) is 11.9 Å². The molecule has 0 radical (unpaired) electrons. The van der Waals surface area contributed by atoms with Gasteiger partial charge in [0.15, 0.2) is 0 Å². The number of carbonyl (C=O) groups is 1. The van der Waals surface area contributed by atoms with Crippen LogP contribution in [0.2, 0.25) is 0 Å². The zero-order valence-corrected chi connectivity index (χ0v) is 10.4. The van der Waals surface area contributed by atoms with E-state index in [9.17, 15) is 4.39 Å². The minimum atomic E-state index is -0.428. The molecule has 0 atom stereocenters. The fraction of sp³-hybridized carbons (Fsp3) is 0.400. The van der Waals surface area contributed by atoms with Crippen molar-refractivity contribution in [2.45, 2.75) is 26.2 Å². The van der Waals surface area contributed by atoms with Gasteiger partial charge in [0.05, 0.1) is 5.69 Å². The molecule has 0 aromatic carbocycles. The first-order valence-corrected chi connectivity index (χ1v) is 5.02. The van der Waals surface area contributed by atoms with Crippen molar-refractivity contribution in [2.24, 2.45) is 0 Å². The number of hydrogen-bond acceptors (Lipinski definition) is 2. The molecule has 0 saturated carbocycles. The highest BCUT2D eigenvalue weighted by atomic mass is 79.9. The van der Waals surface area contributed by atoms with Gasteiger partial charge in [0.25, 0.3) is 6.47 Å². The number of pyridine rings is 1. The number of carboxylic acid groups (broad SMARTS) is 1. The Labute approximate surface area is 96.5 Å². The topological polar surface area (TPSA) is 50.2 Å². The Morgan fingerprint density at radius 1 is 1.47 bits per heavy atom. The summed E-state index contributed by atoms with van der Waals surface area (Å²) in [4.78, 5) is 12.2. The Bertz CT molecular complexity index is 337. The lowest BCUT2D eigenvalue weighted by atomic mass is 9.92. The van der Waals surface area contributed by atoms with Gasteiger partial charge in [-0.1, -0.05) is 20.8 Å². The van der Waals surface area contributed by atoms with Crippen molar-refractivity contribution in [1.82, 2.24) is 4.98 Å². The van der Waals surface area contributed by atoms with Gasteiger partial charge in [0.1, 0.15) is 0 Å². The summed E-state index contributed by atoms with van der Waals surface area (Å²) >= 11 is 3.34. The molecule has 1 aromatic rings. The van der Waals surface area contributed by atoms with Crippen molar-refractivity contribution >= 4 is 22.4 Å². The van der Waals surface area contributed by atoms with Crippen molar-refractivity contribution in [3.8, 4) is 0 Å². The maximum Gasteiger partial charge on any atom is 0.290 e. The minimum Gasteiger partial charge on any atom is -0.483 e. The van der Waals surface area contributed by atoms with Gasteiger partial charge in [-0.2, -0.15) is 4.39 Å². The molecule has 3 nitrogen and oxygen atoms in total. The van der Waals surface area contributed by atoms with Crippen LogP contribution in [0, 0.1) is 5.95 Å². The van der Waals surface area contributed by atoms with Crippen LogP contribution in [0.25, 0.3) is 0 Å². The molecule has 1 rings (SSSR count). The molecule has 0 fully saturated rings. The quantitative estimate of drug-likeness (QED) is 0.586. The average molecular weight is 278 g/mol. The summed E-state index contributed by atoms with van der Waals surface area (Å²) in [7, 11) is 0. The van der Waals surface area contributed by atoms with E-state index in [4.69, 9.17) is 9.90 Å². The molecular formula is C10H13BrFNO2. The van der Waals surface area contributed by atoms with Crippen molar-refractivity contribution in [2.75, 3.05) is 0 Å². The van der Waals surface area contributed by atoms with Crippen molar-refractivity contribution < 1.29 is 14.3 Å². The first-order chi connectivity index (χ1) is 6.82. The fourth-order valence-electron chi connectivity index (χ4n) is 0.944. The van der Waals surface area contributed by atoms with E-state index in [0.717, 1.165) is 10.2 Å². The molecule has 5 heteroatoms. The Morgan fingerprint density at radius 3 is 2.27 bits per heavy atom. The van der Waals surface area contributed by atoms with E-state index in [0.29, 0.717) is 0 Å². The van der Waals surface area contributed by atoms with E-state index >= 15 is 0 Å². The Hall–Kier alpha value is -0.970. The lowest BCUT2D eigenvalue weighted by molar-refractivity contribution is -0.122. The number of rotatable bonds is 0. The number of aromatic nitrogens is 1. The molecule has 0 aliphatic rings. The van der Waals surface area contributed by atoms with Crippen LogP contribution in [0.15, 0.2) is 16.6 Å². The highest BCUT2D eigenvalue weighted by Gasteiger charge is 2.19. The predicted molar refractivity (Wildman–Crippen MR) is 59.3 cm³/mol. The van der Waals surface area contributed by atoms with Crippen LogP contribution in [0.3, 0.4) is 0 Å². The van der Waals surface area contributed by atoms with Gasteiger partial charge in [-0.3, -0.25) is 4.79 Å². The maximum atomic E-state index is 12.7. The summed E-state index contributed by atoms with van der Waals surface area (Å²) in [6.07, 6.45) is 0. The van der Waals surface area contributed by atoms with Gasteiger partial charge in [0, 0.05) is 9.89 Å². The van der Waals surface area contributed by atoms with E-state index < -0.39 is 5.95 Å². The first-order valence-electron chi connectivity index (χ1n) is 4.23. The van der Waals surface area contributed by atoms with Gasteiger partial charge < -0.3 is 5.11 Å². The first kappa shape index (κ1) is 14.0. The molecule has 1 heterocycles. The molecule has 1 aromatic heterocycles. The summed E-state index contributed by atoms with van der Waals surface area (Å²) in [5.74, 6) is -0.428. The van der Waals surface area contributed by atoms with Crippen molar-refractivity contribution in [3.63, 3.8) is 0 Å². The Kier molecular flexibility index (Phi) is 5.43. The lowest BCUT2D eigenvalue weighted by Gasteiger charge is -2.18. The predicted octanol–water partition coefficient (Wildman–Crippen LogP) is 2.98. The average Bonchev–Trinajstić information content (AvgIpc) is 2.09. The highest BCUT2D eigenvalue weighted by Crippen LogP contribution is 2.27. The smallest absolute Gasteiger partial charge is 0.290 e. The van der Waals surface area contributed by atoms with Crippen LogP contribution < -0.4 is 0 Å². The second-order valence-corrected chi connectivity index (χ2v) is 4.67. The molecule has 0 unspecified atom stereocenters. The molecule has 0 aliphatic carbocycles. The zero-order chi connectivity index (χ0) is 12.1. The van der Waals surface area contributed by atoms with E-state index in [1.54, 1.807) is 6.07 Å². The summed E-state index contributed by atoms with van der Waals surface area (Å²) < 4.78 is 13.6. The van der Waals surface area contributed by atoms with Crippen LogP contribution in [-0.4, -0.2) is 16.6 Å². The van der Waals surface area contributed by atoms with Gasteiger partial charge in [-0.05, 0) is 28.1 Å². The van der Waals surface area contributed by atoms with E-state index in [1.165, 1.54) is 6.07 Å². The fourth-order valence-corrected chi connectivity index (χ4v) is 1.76. The summed E-state index contributed by atoms with van der Waals surface area (Å²) in [5, 5.41) is 6.89. The summed E-state index contributed by atoms with van der Waals surface area (Å²) in [6, 6.07) is 3.03. The van der Waals surface area contributed by atoms with Crippen LogP contribution in [-0.2, 0) is 10.2 Å². The molecule has 0 saturated heterocycles. The highest BCUT2D eigenvalue weighted by molar-refractivity contribution is 9.10. The second kappa shape index (κ2) is 5.80. The van der Waals surface area contributed by atoms with E-state index in [1.807, 2.05) is 20.8 Å². The van der Waals surface area contributed by atoms with Gasteiger partial charge in [-0.25, -0.2) is 4.98 Å². The third-order valence-electron chi connectivity index (χ3n) is 1.52. The molecular weight excluding hydrogens is 265 g/mol. The monoisotopic (exact) mass is 277 g/mol. The Morgan fingerprint density at radius 2 is 1.93 bits per heavy atom. The molecule has 0 bridgehead atoms. The number of halogens is 2. The minimum absolute atomic E-state index is 0.124. The Balaban J connectivity index is 0.000000583. The largest absolute Gasteiger partial charge is 0.483 e. The van der Waals surface area contributed by atoms with Gasteiger partial charge in [0.2, 0.25) is 5.95 Å². The zero-order valence-electron chi connectivity index (χ0n) is 8.79. The van der Waals surface area contributed by atoms with E-state index in [2.05, 4.69) is 20.9 Å². The van der Waals surface area contributed by atoms with Crippen LogP contribution in [0.4, 0.5) is 4.39 Å². The third-order valence-corrected chi connectivity index (χ3v) is 2.16. The third kappa shape index (κ3) is 4.88. The van der Waals surface area contributed by atoms with Crippen molar-refractivity contribution in [1.29, 1.82) is 0 Å². The van der Waals surface area contributed by atoms with Gasteiger partial charge >= 0.3 is 0 Å². The lowest BCUT2D eigenvalue weighted by Crippen LogP contribution is -2.15. The molecule has 0 spiro atoms. The standard InChI is InChI=1S/C9H11BrFN.CH2O2/c1-9(2,3)8-6(10)4-5-7(11)12-8;2-1-3/h4-5H,1-3H3;1H,(H,2,3). The molecule has 84 valence electrons. The van der Waals surface area contributed by atoms with Crippen molar-refractivity contribution in [3.05, 3.63) is 28.2 Å². The molecule has 0 amide bonds. The normalized spacial score (nSPS) is 10.2. The van der Waals surface area contributed by atoms with Crippen LogP contribution in [0.1, 0.15) is 26.5 Å². The SMILES string of the molecule is CC(C)(C)c1nc(F)ccc1Br.O=CO. The number of nitrogens with zero attached hydrogens (tertiary/aromatic N) is 1. The maximum absolute atomic E-state index is 12.7. The van der Waals surface area contributed by atoms with Gasteiger partial charge in [-0.15, -0.1) is 0 Å². The summed E-state index contributed by atoms with van der Waals surface area (Å²) in [6.45, 7) is 5.75. The van der Waals surface area contributed by atoms with Crippen LogP contribution >= 0.6 is 15.9 Å².